The van der Waals surface area contributed by atoms with Crippen molar-refractivity contribution in [2.75, 3.05) is 6.54 Å². The van der Waals surface area contributed by atoms with Crippen LogP contribution < -0.4 is 0 Å². The monoisotopic (exact) mass is 244 g/mol. The second-order valence-corrected chi connectivity index (χ2v) is 5.55. The molecule has 0 saturated carbocycles. The van der Waals surface area contributed by atoms with Gasteiger partial charge in [-0.3, -0.25) is 9.88 Å². The van der Waals surface area contributed by atoms with Gasteiger partial charge in [-0.2, -0.15) is 0 Å². The summed E-state index contributed by atoms with van der Waals surface area (Å²) in [6.07, 6.45) is 4.95. The maximum atomic E-state index is 4.07. The summed E-state index contributed by atoms with van der Waals surface area (Å²) in [4.78, 5) is 8.19. The van der Waals surface area contributed by atoms with E-state index in [1.54, 1.807) is 4.88 Å². The number of fused-ring (bicyclic) bond motifs is 1. The number of pyridine rings is 1. The van der Waals surface area contributed by atoms with Crippen LogP contribution in [0.25, 0.3) is 0 Å². The number of hydrogen-bond donors (Lipinski definition) is 0. The molecule has 88 valence electrons. The highest BCUT2D eigenvalue weighted by molar-refractivity contribution is 7.10. The highest BCUT2D eigenvalue weighted by atomic mass is 32.1. The molecular formula is C14H16N2S. The van der Waals surface area contributed by atoms with E-state index in [9.17, 15) is 0 Å². The number of thiophene rings is 1. The fraction of sp³-hybridized carbons (Fsp3) is 0.357. The molecule has 1 atom stereocenters. The van der Waals surface area contributed by atoms with Crippen LogP contribution in [0.1, 0.15) is 29.0 Å². The van der Waals surface area contributed by atoms with Gasteiger partial charge in [0.2, 0.25) is 0 Å². The maximum Gasteiger partial charge on any atom is 0.0334 e. The average Bonchev–Trinajstić information content (AvgIpc) is 2.83. The highest BCUT2D eigenvalue weighted by Crippen LogP contribution is 2.33. The Morgan fingerprint density at radius 1 is 1.35 bits per heavy atom. The van der Waals surface area contributed by atoms with Crippen molar-refractivity contribution in [1.82, 2.24) is 9.88 Å². The molecule has 2 aromatic rings. The molecule has 0 fully saturated rings. The number of hydrogen-bond acceptors (Lipinski definition) is 3. The molecule has 3 heterocycles. The quantitative estimate of drug-likeness (QED) is 0.806. The van der Waals surface area contributed by atoms with Crippen molar-refractivity contribution in [2.45, 2.75) is 25.9 Å². The highest BCUT2D eigenvalue weighted by Gasteiger charge is 2.24. The van der Waals surface area contributed by atoms with E-state index in [0.29, 0.717) is 6.04 Å². The summed E-state index contributed by atoms with van der Waals surface area (Å²) in [5.41, 5.74) is 2.88. The molecule has 0 saturated heterocycles. The third-order valence-electron chi connectivity index (χ3n) is 3.54. The van der Waals surface area contributed by atoms with E-state index in [4.69, 9.17) is 0 Å². The SMILES string of the molecule is C[C@H]1c2ccsc2CCN1Cc1ccncc1. The van der Waals surface area contributed by atoms with Crippen molar-refractivity contribution in [2.24, 2.45) is 0 Å². The smallest absolute Gasteiger partial charge is 0.0334 e. The zero-order chi connectivity index (χ0) is 11.7. The van der Waals surface area contributed by atoms with Gasteiger partial charge in [0.05, 0.1) is 0 Å². The van der Waals surface area contributed by atoms with Crippen LogP contribution in [0.5, 0.6) is 0 Å². The summed E-state index contributed by atoms with van der Waals surface area (Å²) in [5, 5.41) is 2.22. The molecule has 0 N–H and O–H groups in total. The third-order valence-corrected chi connectivity index (χ3v) is 4.54. The van der Waals surface area contributed by atoms with E-state index in [1.807, 2.05) is 23.7 Å². The molecule has 0 bridgehead atoms. The summed E-state index contributed by atoms with van der Waals surface area (Å²) in [6, 6.07) is 7.04. The summed E-state index contributed by atoms with van der Waals surface area (Å²) in [5.74, 6) is 0. The first-order valence-corrected chi connectivity index (χ1v) is 6.92. The molecule has 1 aliphatic rings. The van der Waals surface area contributed by atoms with Crippen LogP contribution in [0, 0.1) is 0 Å². The fourth-order valence-corrected chi connectivity index (χ4v) is 3.46. The van der Waals surface area contributed by atoms with Crippen LogP contribution >= 0.6 is 11.3 Å². The van der Waals surface area contributed by atoms with Crippen LogP contribution in [0.2, 0.25) is 0 Å². The van der Waals surface area contributed by atoms with E-state index in [-0.39, 0.29) is 0 Å². The van der Waals surface area contributed by atoms with Gasteiger partial charge in [-0.05, 0) is 48.1 Å². The van der Waals surface area contributed by atoms with Gasteiger partial charge in [0.25, 0.3) is 0 Å². The predicted molar refractivity (Wildman–Crippen MR) is 71.1 cm³/mol. The summed E-state index contributed by atoms with van der Waals surface area (Å²) in [6.45, 7) is 4.50. The topological polar surface area (TPSA) is 16.1 Å². The van der Waals surface area contributed by atoms with Crippen molar-refractivity contribution >= 4 is 11.3 Å². The van der Waals surface area contributed by atoms with Gasteiger partial charge < -0.3 is 0 Å². The lowest BCUT2D eigenvalue weighted by Gasteiger charge is -2.33. The van der Waals surface area contributed by atoms with E-state index < -0.39 is 0 Å². The third kappa shape index (κ3) is 2.13. The van der Waals surface area contributed by atoms with Gasteiger partial charge in [-0.1, -0.05) is 0 Å². The van der Waals surface area contributed by atoms with Crippen LogP contribution in [0.4, 0.5) is 0 Å². The number of nitrogens with zero attached hydrogens (tertiary/aromatic N) is 2. The lowest BCUT2D eigenvalue weighted by atomic mass is 10.0. The average molecular weight is 244 g/mol. The minimum atomic E-state index is 0.540. The molecule has 0 unspecified atom stereocenters. The lowest BCUT2D eigenvalue weighted by molar-refractivity contribution is 0.191. The Hall–Kier alpha value is -1.19. The van der Waals surface area contributed by atoms with E-state index in [1.165, 1.54) is 17.5 Å². The Labute approximate surface area is 106 Å². The lowest BCUT2D eigenvalue weighted by Crippen LogP contribution is -2.32. The van der Waals surface area contributed by atoms with Gasteiger partial charge in [0, 0.05) is 36.4 Å². The Morgan fingerprint density at radius 2 is 2.18 bits per heavy atom. The van der Waals surface area contributed by atoms with Crippen LogP contribution in [-0.2, 0) is 13.0 Å². The molecule has 17 heavy (non-hydrogen) atoms. The van der Waals surface area contributed by atoms with Crippen LogP contribution in [0.15, 0.2) is 36.0 Å². The van der Waals surface area contributed by atoms with Crippen molar-refractivity contribution in [1.29, 1.82) is 0 Å². The van der Waals surface area contributed by atoms with Gasteiger partial charge >= 0.3 is 0 Å². The van der Waals surface area contributed by atoms with Crippen molar-refractivity contribution in [3.63, 3.8) is 0 Å². The molecule has 0 aliphatic carbocycles. The Kier molecular flexibility index (Phi) is 2.95. The molecule has 1 aliphatic heterocycles. The molecule has 0 spiro atoms. The summed E-state index contributed by atoms with van der Waals surface area (Å²) >= 11 is 1.90. The zero-order valence-corrected chi connectivity index (χ0v) is 10.8. The van der Waals surface area contributed by atoms with E-state index >= 15 is 0 Å². The van der Waals surface area contributed by atoms with E-state index in [0.717, 1.165) is 13.1 Å². The minimum Gasteiger partial charge on any atom is -0.292 e. The first-order chi connectivity index (χ1) is 8.34. The van der Waals surface area contributed by atoms with Gasteiger partial charge in [-0.25, -0.2) is 0 Å². The van der Waals surface area contributed by atoms with Crippen LogP contribution in [0.3, 0.4) is 0 Å². The molecule has 0 aromatic carbocycles. The molecule has 2 aromatic heterocycles. The van der Waals surface area contributed by atoms with Gasteiger partial charge in [-0.15, -0.1) is 11.3 Å². The standard InChI is InChI=1S/C14H16N2S/c1-11-13-5-9-17-14(13)4-8-16(11)10-12-2-6-15-7-3-12/h2-3,5-7,9,11H,4,8,10H2,1H3/t11-/m0/s1. The minimum absolute atomic E-state index is 0.540. The Morgan fingerprint density at radius 3 is 3.00 bits per heavy atom. The zero-order valence-electron chi connectivity index (χ0n) is 9.97. The normalized spacial score (nSPS) is 20.2. The molecule has 3 heteroatoms. The van der Waals surface area contributed by atoms with Gasteiger partial charge in [0.15, 0.2) is 0 Å². The first kappa shape index (κ1) is 10.9. The largest absolute Gasteiger partial charge is 0.292 e. The second-order valence-electron chi connectivity index (χ2n) is 4.55. The molecule has 0 amide bonds. The molecule has 0 radical (unpaired) electrons. The number of rotatable bonds is 2. The van der Waals surface area contributed by atoms with Crippen LogP contribution in [-0.4, -0.2) is 16.4 Å². The summed E-state index contributed by atoms with van der Waals surface area (Å²) < 4.78 is 0. The maximum absolute atomic E-state index is 4.07. The molecule has 2 nitrogen and oxygen atoms in total. The van der Waals surface area contributed by atoms with E-state index in [2.05, 4.69) is 40.4 Å². The fourth-order valence-electron chi connectivity index (χ4n) is 2.50. The summed E-state index contributed by atoms with van der Waals surface area (Å²) in [7, 11) is 0. The number of aromatic nitrogens is 1. The first-order valence-electron chi connectivity index (χ1n) is 6.04. The van der Waals surface area contributed by atoms with Crippen molar-refractivity contribution in [3.05, 3.63) is 52.0 Å². The predicted octanol–water partition coefficient (Wildman–Crippen LogP) is 3.26. The van der Waals surface area contributed by atoms with Crippen molar-refractivity contribution < 1.29 is 0 Å². The molecular weight excluding hydrogens is 228 g/mol. The Bertz CT molecular complexity index is 492. The molecule has 3 rings (SSSR count). The van der Waals surface area contributed by atoms with Crippen molar-refractivity contribution in [3.8, 4) is 0 Å². The second kappa shape index (κ2) is 4.59. The Balaban J connectivity index is 1.78. The van der Waals surface area contributed by atoms with Gasteiger partial charge in [0.1, 0.15) is 0 Å².